The van der Waals surface area contributed by atoms with Gasteiger partial charge in [0.1, 0.15) is 17.1 Å². The number of fused-ring (bicyclic) bond motifs is 1. The van der Waals surface area contributed by atoms with Crippen molar-refractivity contribution in [1.29, 1.82) is 0 Å². The van der Waals surface area contributed by atoms with Crippen LogP contribution in [-0.4, -0.2) is 56.4 Å². The predicted octanol–water partition coefficient (Wildman–Crippen LogP) is -1.44. The molecule has 6 N–H and O–H groups in total. The molecule has 1 aromatic rings. The summed E-state index contributed by atoms with van der Waals surface area (Å²) >= 11 is 1.09. The van der Waals surface area contributed by atoms with Crippen molar-refractivity contribution in [2.45, 2.75) is 35.9 Å². The maximum Gasteiger partial charge on any atom is 0.268 e. The molecule has 0 aliphatic carbocycles. The Bertz CT molecular complexity index is 665. The van der Waals surface area contributed by atoms with E-state index in [1.54, 1.807) is 0 Å². The summed E-state index contributed by atoms with van der Waals surface area (Å²) in [5.41, 5.74) is 5.15. The van der Waals surface area contributed by atoms with E-state index in [4.69, 9.17) is 15.6 Å². The van der Waals surface area contributed by atoms with Crippen LogP contribution in [0.3, 0.4) is 0 Å². The minimum absolute atomic E-state index is 0.0657. The predicted molar refractivity (Wildman–Crippen MR) is 79.1 cm³/mol. The molecule has 0 unspecified atom stereocenters. The van der Waals surface area contributed by atoms with E-state index < -0.39 is 30.1 Å². The largest absolute Gasteiger partial charge is 0.396 e. The SMILES string of the molecule is C=C1Sc2c(nc(N)[nH]c2=O)N1[C@@H]1O[C@H](CCO)[C@@H](O)[C@H]1O. The summed E-state index contributed by atoms with van der Waals surface area (Å²) in [5.74, 6) is 0.168. The van der Waals surface area contributed by atoms with Crippen LogP contribution in [-0.2, 0) is 4.74 Å². The van der Waals surface area contributed by atoms with E-state index in [1.807, 2.05) is 0 Å². The van der Waals surface area contributed by atoms with E-state index >= 15 is 0 Å². The topological polar surface area (TPSA) is 145 Å². The molecule has 0 spiro atoms. The lowest BCUT2D eigenvalue weighted by Crippen LogP contribution is -2.42. The zero-order valence-electron chi connectivity index (χ0n) is 11.5. The fourth-order valence-corrected chi connectivity index (χ4v) is 3.48. The summed E-state index contributed by atoms with van der Waals surface area (Å²) in [4.78, 5) is 20.1. The number of hydrogen-bond donors (Lipinski definition) is 5. The highest BCUT2D eigenvalue weighted by Crippen LogP contribution is 2.45. The number of aliphatic hydroxyl groups excluding tert-OH is 3. The normalized spacial score (nSPS) is 30.9. The van der Waals surface area contributed by atoms with Gasteiger partial charge in [0, 0.05) is 6.61 Å². The average Bonchev–Trinajstić information content (AvgIpc) is 2.91. The summed E-state index contributed by atoms with van der Waals surface area (Å²) in [6.45, 7) is 3.65. The smallest absolute Gasteiger partial charge is 0.268 e. The Morgan fingerprint density at radius 1 is 1.45 bits per heavy atom. The molecule has 1 saturated heterocycles. The number of nitrogens with one attached hydrogen (secondary N) is 1. The molecule has 0 amide bonds. The van der Waals surface area contributed by atoms with E-state index in [0.29, 0.717) is 9.92 Å². The first-order valence-electron chi connectivity index (χ1n) is 6.62. The maximum absolute atomic E-state index is 11.9. The summed E-state index contributed by atoms with van der Waals surface area (Å²) in [5, 5.41) is 29.6. The van der Waals surface area contributed by atoms with E-state index in [2.05, 4.69) is 16.5 Å². The molecule has 10 heteroatoms. The van der Waals surface area contributed by atoms with E-state index in [-0.39, 0.29) is 24.8 Å². The number of aliphatic hydroxyl groups is 3. The quantitative estimate of drug-likeness (QED) is 0.450. The molecule has 2 aliphatic rings. The first kappa shape index (κ1) is 15.3. The Balaban J connectivity index is 1.97. The molecule has 120 valence electrons. The average molecular weight is 328 g/mol. The highest BCUT2D eigenvalue weighted by Gasteiger charge is 2.48. The van der Waals surface area contributed by atoms with Crippen molar-refractivity contribution in [2.24, 2.45) is 0 Å². The van der Waals surface area contributed by atoms with Crippen molar-refractivity contribution in [3.05, 3.63) is 22.0 Å². The summed E-state index contributed by atoms with van der Waals surface area (Å²) in [7, 11) is 0. The summed E-state index contributed by atoms with van der Waals surface area (Å²) in [6.07, 6.45) is -3.88. The summed E-state index contributed by atoms with van der Waals surface area (Å²) in [6, 6.07) is 0. The molecule has 4 atom stereocenters. The zero-order valence-corrected chi connectivity index (χ0v) is 12.3. The van der Waals surface area contributed by atoms with Crippen LogP contribution in [0.15, 0.2) is 21.3 Å². The van der Waals surface area contributed by atoms with Crippen LogP contribution in [0.25, 0.3) is 0 Å². The van der Waals surface area contributed by atoms with E-state index in [1.165, 1.54) is 4.90 Å². The number of aromatic amines is 1. The lowest BCUT2D eigenvalue weighted by molar-refractivity contribution is -0.00203. The number of nitrogens with zero attached hydrogens (tertiary/aromatic N) is 2. The van der Waals surface area contributed by atoms with Crippen LogP contribution >= 0.6 is 11.8 Å². The van der Waals surface area contributed by atoms with Gasteiger partial charge in [0.2, 0.25) is 5.95 Å². The summed E-state index contributed by atoms with van der Waals surface area (Å²) < 4.78 is 5.62. The fourth-order valence-electron chi connectivity index (χ4n) is 2.58. The van der Waals surface area contributed by atoms with Crippen LogP contribution in [0.1, 0.15) is 6.42 Å². The van der Waals surface area contributed by atoms with Crippen molar-refractivity contribution < 1.29 is 20.1 Å². The van der Waals surface area contributed by atoms with Crippen LogP contribution in [0.2, 0.25) is 0 Å². The van der Waals surface area contributed by atoms with Crippen LogP contribution in [0, 0.1) is 0 Å². The second kappa shape index (κ2) is 5.56. The third kappa shape index (κ3) is 2.29. The molecular weight excluding hydrogens is 312 g/mol. The Hall–Kier alpha value is -1.59. The van der Waals surface area contributed by atoms with Crippen molar-refractivity contribution in [3.63, 3.8) is 0 Å². The monoisotopic (exact) mass is 328 g/mol. The number of ether oxygens (including phenoxy) is 1. The van der Waals surface area contributed by atoms with Crippen molar-refractivity contribution >= 4 is 23.5 Å². The first-order chi connectivity index (χ1) is 10.4. The van der Waals surface area contributed by atoms with Gasteiger partial charge in [0.05, 0.1) is 11.1 Å². The van der Waals surface area contributed by atoms with Gasteiger partial charge < -0.3 is 25.8 Å². The number of rotatable bonds is 3. The van der Waals surface area contributed by atoms with Crippen molar-refractivity contribution in [2.75, 3.05) is 17.2 Å². The molecule has 1 aromatic heterocycles. The van der Waals surface area contributed by atoms with Gasteiger partial charge in [-0.2, -0.15) is 4.98 Å². The lowest BCUT2D eigenvalue weighted by atomic mass is 10.1. The molecule has 0 radical (unpaired) electrons. The Kier molecular flexibility index (Phi) is 3.87. The third-order valence-corrected chi connectivity index (χ3v) is 4.60. The number of nitrogens with two attached hydrogens (primary N) is 1. The fraction of sp³-hybridized carbons (Fsp3) is 0.500. The number of thioether (sulfide) groups is 1. The third-order valence-electron chi connectivity index (χ3n) is 3.60. The highest BCUT2D eigenvalue weighted by atomic mass is 32.2. The molecular formula is C12H16N4O5S. The van der Waals surface area contributed by atoms with Gasteiger partial charge in [0.15, 0.2) is 12.0 Å². The number of aromatic nitrogens is 2. The molecule has 9 nitrogen and oxygen atoms in total. The minimum Gasteiger partial charge on any atom is -0.396 e. The Labute approximate surface area is 129 Å². The standard InChI is InChI=1S/C12H16N4O5S/c1-4-16(9-8(22-4)10(20)15-12(13)14-9)11-7(19)6(18)5(21-11)2-3-17/h5-7,11,17-19H,1-3H2,(H3,13,14,15,20)/t5-,6-,7-,11-/m1/s1. The molecule has 3 rings (SSSR count). The zero-order chi connectivity index (χ0) is 16.0. The molecule has 22 heavy (non-hydrogen) atoms. The Morgan fingerprint density at radius 2 is 2.18 bits per heavy atom. The lowest BCUT2D eigenvalue weighted by Gasteiger charge is -2.27. The van der Waals surface area contributed by atoms with Gasteiger partial charge in [-0.1, -0.05) is 18.3 Å². The second-order valence-electron chi connectivity index (χ2n) is 5.03. The number of nitrogen functional groups attached to an aromatic ring is 1. The second-order valence-corrected chi connectivity index (χ2v) is 6.11. The van der Waals surface area contributed by atoms with Gasteiger partial charge in [-0.25, -0.2) is 0 Å². The minimum atomic E-state index is -1.23. The molecule has 1 fully saturated rings. The van der Waals surface area contributed by atoms with Gasteiger partial charge in [-0.05, 0) is 6.42 Å². The molecule has 3 heterocycles. The molecule has 0 bridgehead atoms. The van der Waals surface area contributed by atoms with Crippen LogP contribution in [0.5, 0.6) is 0 Å². The van der Waals surface area contributed by atoms with E-state index in [9.17, 15) is 15.0 Å². The number of anilines is 2. The van der Waals surface area contributed by atoms with Gasteiger partial charge in [0.25, 0.3) is 5.56 Å². The number of H-pyrrole nitrogens is 1. The van der Waals surface area contributed by atoms with Crippen LogP contribution in [0.4, 0.5) is 11.8 Å². The van der Waals surface area contributed by atoms with E-state index in [0.717, 1.165) is 11.8 Å². The maximum atomic E-state index is 11.9. The molecule has 2 aliphatic heterocycles. The number of hydrogen-bond acceptors (Lipinski definition) is 9. The van der Waals surface area contributed by atoms with Crippen molar-refractivity contribution in [1.82, 2.24) is 9.97 Å². The molecule has 0 aromatic carbocycles. The van der Waals surface area contributed by atoms with Gasteiger partial charge >= 0.3 is 0 Å². The molecule has 0 saturated carbocycles. The van der Waals surface area contributed by atoms with Crippen molar-refractivity contribution in [3.8, 4) is 0 Å². The highest BCUT2D eigenvalue weighted by molar-refractivity contribution is 8.03. The first-order valence-corrected chi connectivity index (χ1v) is 7.44. The van der Waals surface area contributed by atoms with Gasteiger partial charge in [-0.3, -0.25) is 14.7 Å². The van der Waals surface area contributed by atoms with Gasteiger partial charge in [-0.15, -0.1) is 0 Å². The Morgan fingerprint density at radius 3 is 2.86 bits per heavy atom. The van der Waals surface area contributed by atoms with Crippen LogP contribution < -0.4 is 16.2 Å².